The van der Waals surface area contributed by atoms with Crippen LogP contribution in [0.1, 0.15) is 5.56 Å². The molecule has 6 nitrogen and oxygen atoms in total. The number of halogens is 1. The Labute approximate surface area is 141 Å². The van der Waals surface area contributed by atoms with Gasteiger partial charge in [0.25, 0.3) is 0 Å². The number of hydrogen-bond acceptors (Lipinski definition) is 4. The second kappa shape index (κ2) is 6.52. The van der Waals surface area contributed by atoms with E-state index in [0.717, 1.165) is 4.47 Å². The molecule has 1 aliphatic rings. The van der Waals surface area contributed by atoms with E-state index in [9.17, 15) is 9.59 Å². The van der Waals surface area contributed by atoms with Crippen LogP contribution >= 0.6 is 15.9 Å². The van der Waals surface area contributed by atoms with E-state index in [1.807, 2.05) is 12.1 Å². The molecule has 1 fully saturated rings. The summed E-state index contributed by atoms with van der Waals surface area (Å²) in [5.74, 6) is -0.0509. The summed E-state index contributed by atoms with van der Waals surface area (Å²) >= 11 is 3.33. The predicted octanol–water partition coefficient (Wildman–Crippen LogP) is 1.49. The first-order valence-electron chi connectivity index (χ1n) is 7.18. The minimum atomic E-state index is -0.320. The molecule has 118 valence electrons. The topological polar surface area (TPSA) is 75.3 Å². The average molecular weight is 376 g/mol. The van der Waals surface area contributed by atoms with Gasteiger partial charge in [-0.15, -0.1) is 0 Å². The lowest BCUT2D eigenvalue weighted by atomic mass is 10.1. The molecule has 0 bridgehead atoms. The highest BCUT2D eigenvalue weighted by atomic mass is 79.9. The summed E-state index contributed by atoms with van der Waals surface area (Å²) in [6.07, 6.45) is 1.46. The van der Waals surface area contributed by atoms with Crippen LogP contribution in [0.4, 0.5) is 0 Å². The van der Waals surface area contributed by atoms with Crippen LogP contribution in [0.25, 0.3) is 10.9 Å². The van der Waals surface area contributed by atoms with Gasteiger partial charge in [0.1, 0.15) is 18.2 Å². The predicted molar refractivity (Wildman–Crippen MR) is 88.0 cm³/mol. The molecule has 0 saturated carbocycles. The van der Waals surface area contributed by atoms with Crippen molar-refractivity contribution >= 4 is 32.7 Å². The van der Waals surface area contributed by atoms with Gasteiger partial charge in [-0.2, -0.15) is 5.26 Å². The Hall–Kier alpha value is -2.17. The summed E-state index contributed by atoms with van der Waals surface area (Å²) in [6, 6.07) is 7.16. The maximum Gasteiger partial charge on any atom is 0.242 e. The van der Waals surface area contributed by atoms with E-state index in [4.69, 9.17) is 10.00 Å². The molecule has 3 rings (SSSR count). The van der Waals surface area contributed by atoms with Crippen LogP contribution < -0.4 is 5.43 Å². The Kier molecular flexibility index (Phi) is 4.46. The van der Waals surface area contributed by atoms with Crippen molar-refractivity contribution in [1.82, 2.24) is 9.47 Å². The van der Waals surface area contributed by atoms with Gasteiger partial charge in [0.05, 0.1) is 18.7 Å². The minimum Gasteiger partial charge on any atom is -0.378 e. The van der Waals surface area contributed by atoms with Crippen molar-refractivity contribution in [2.45, 2.75) is 6.54 Å². The Morgan fingerprint density at radius 1 is 1.35 bits per heavy atom. The van der Waals surface area contributed by atoms with Gasteiger partial charge in [-0.1, -0.05) is 15.9 Å². The van der Waals surface area contributed by atoms with Gasteiger partial charge >= 0.3 is 0 Å². The normalized spacial score (nSPS) is 14.7. The van der Waals surface area contributed by atoms with Crippen molar-refractivity contribution in [1.29, 1.82) is 5.26 Å². The second-order valence-corrected chi connectivity index (χ2v) is 6.18. The summed E-state index contributed by atoms with van der Waals surface area (Å²) in [5, 5.41) is 9.59. The first-order valence-corrected chi connectivity index (χ1v) is 7.98. The zero-order valence-corrected chi connectivity index (χ0v) is 13.9. The van der Waals surface area contributed by atoms with E-state index < -0.39 is 0 Å². The van der Waals surface area contributed by atoms with Crippen LogP contribution in [0.15, 0.2) is 33.7 Å². The fourth-order valence-corrected chi connectivity index (χ4v) is 3.00. The highest BCUT2D eigenvalue weighted by Gasteiger charge is 2.18. The molecule has 23 heavy (non-hydrogen) atoms. The fraction of sp³-hybridized carbons (Fsp3) is 0.312. The number of nitrogens with zero attached hydrogens (tertiary/aromatic N) is 3. The number of aromatic nitrogens is 1. The Bertz CT molecular complexity index is 863. The lowest BCUT2D eigenvalue weighted by Crippen LogP contribution is -2.42. The van der Waals surface area contributed by atoms with Crippen molar-refractivity contribution in [3.05, 3.63) is 44.7 Å². The third-order valence-electron chi connectivity index (χ3n) is 3.83. The van der Waals surface area contributed by atoms with E-state index in [0.29, 0.717) is 37.2 Å². The van der Waals surface area contributed by atoms with Crippen LogP contribution in [0, 0.1) is 11.3 Å². The van der Waals surface area contributed by atoms with Crippen molar-refractivity contribution < 1.29 is 9.53 Å². The molecule has 1 saturated heterocycles. The van der Waals surface area contributed by atoms with Gasteiger partial charge in [-0.3, -0.25) is 9.59 Å². The number of amides is 1. The summed E-state index contributed by atoms with van der Waals surface area (Å²) < 4.78 is 7.66. The smallest absolute Gasteiger partial charge is 0.242 e. The van der Waals surface area contributed by atoms with Gasteiger partial charge < -0.3 is 14.2 Å². The molecule has 0 radical (unpaired) electrons. The number of fused-ring (bicyclic) bond motifs is 1. The summed E-state index contributed by atoms with van der Waals surface area (Å²) in [7, 11) is 0. The van der Waals surface area contributed by atoms with Crippen LogP contribution in [0.2, 0.25) is 0 Å². The molecule has 0 N–H and O–H groups in total. The molecule has 1 aliphatic heterocycles. The van der Waals surface area contributed by atoms with Crippen molar-refractivity contribution in [2.75, 3.05) is 26.3 Å². The number of pyridine rings is 1. The standard InChI is InChI=1S/C16H14BrN3O3/c17-12-1-2-14-13(7-12)16(22)11(8-18)9-20(14)10-15(21)19-3-5-23-6-4-19/h1-2,7,9H,3-6,10H2. The quantitative estimate of drug-likeness (QED) is 0.796. The summed E-state index contributed by atoms with van der Waals surface area (Å²) in [5.41, 5.74) is 0.350. The van der Waals surface area contributed by atoms with Crippen LogP contribution in [0.5, 0.6) is 0 Å². The molecule has 0 spiro atoms. The van der Waals surface area contributed by atoms with E-state index in [-0.39, 0.29) is 23.4 Å². The first-order chi connectivity index (χ1) is 11.1. The zero-order valence-electron chi connectivity index (χ0n) is 12.3. The van der Waals surface area contributed by atoms with E-state index in [1.165, 1.54) is 6.20 Å². The van der Waals surface area contributed by atoms with Gasteiger partial charge in [0.15, 0.2) is 0 Å². The Balaban J connectivity index is 2.03. The number of hydrogen-bond donors (Lipinski definition) is 0. The van der Waals surface area contributed by atoms with E-state index in [2.05, 4.69) is 15.9 Å². The van der Waals surface area contributed by atoms with Gasteiger partial charge in [0, 0.05) is 29.1 Å². The Morgan fingerprint density at radius 3 is 2.78 bits per heavy atom. The number of ether oxygens (including phenoxy) is 1. The zero-order chi connectivity index (χ0) is 16.4. The molecular formula is C16H14BrN3O3. The summed E-state index contributed by atoms with van der Waals surface area (Å²) in [6.45, 7) is 2.29. The van der Waals surface area contributed by atoms with E-state index >= 15 is 0 Å². The number of benzene rings is 1. The lowest BCUT2D eigenvalue weighted by Gasteiger charge is -2.27. The minimum absolute atomic E-state index is 0.0328. The van der Waals surface area contributed by atoms with Crippen molar-refractivity contribution in [3.8, 4) is 6.07 Å². The monoisotopic (exact) mass is 375 g/mol. The number of carbonyl (C=O) groups excluding carboxylic acids is 1. The molecule has 2 heterocycles. The van der Waals surface area contributed by atoms with Gasteiger partial charge in [-0.25, -0.2) is 0 Å². The SMILES string of the molecule is N#Cc1cn(CC(=O)N2CCOCC2)c2ccc(Br)cc2c1=O. The van der Waals surface area contributed by atoms with Crippen molar-refractivity contribution in [3.63, 3.8) is 0 Å². The van der Waals surface area contributed by atoms with Gasteiger partial charge in [-0.05, 0) is 18.2 Å². The molecule has 1 amide bonds. The molecule has 0 unspecified atom stereocenters. The third kappa shape index (κ3) is 3.14. The lowest BCUT2D eigenvalue weighted by molar-refractivity contribution is -0.135. The summed E-state index contributed by atoms with van der Waals surface area (Å²) in [4.78, 5) is 26.5. The molecule has 1 aromatic heterocycles. The molecule has 2 aromatic rings. The van der Waals surface area contributed by atoms with Crippen molar-refractivity contribution in [2.24, 2.45) is 0 Å². The van der Waals surface area contributed by atoms with Crippen LogP contribution in [-0.4, -0.2) is 41.7 Å². The fourth-order valence-electron chi connectivity index (χ4n) is 2.64. The highest BCUT2D eigenvalue weighted by Crippen LogP contribution is 2.18. The highest BCUT2D eigenvalue weighted by molar-refractivity contribution is 9.10. The maximum atomic E-state index is 12.4. The molecule has 0 atom stereocenters. The molecular weight excluding hydrogens is 362 g/mol. The average Bonchev–Trinajstić information content (AvgIpc) is 2.58. The maximum absolute atomic E-state index is 12.4. The largest absolute Gasteiger partial charge is 0.378 e. The third-order valence-corrected chi connectivity index (χ3v) is 4.33. The second-order valence-electron chi connectivity index (χ2n) is 5.27. The van der Waals surface area contributed by atoms with E-state index in [1.54, 1.807) is 21.6 Å². The van der Waals surface area contributed by atoms with Crippen LogP contribution in [0.3, 0.4) is 0 Å². The number of rotatable bonds is 2. The number of carbonyl (C=O) groups is 1. The first kappa shape index (κ1) is 15.7. The Morgan fingerprint density at radius 2 is 2.09 bits per heavy atom. The number of morpholine rings is 1. The van der Waals surface area contributed by atoms with Crippen LogP contribution in [-0.2, 0) is 16.1 Å². The molecule has 1 aromatic carbocycles. The van der Waals surface area contributed by atoms with Gasteiger partial charge in [0.2, 0.25) is 11.3 Å². The number of nitriles is 1. The molecule has 0 aliphatic carbocycles. The molecule has 7 heteroatoms.